The van der Waals surface area contributed by atoms with E-state index in [1.807, 2.05) is 0 Å². The van der Waals surface area contributed by atoms with E-state index < -0.39 is 0 Å². The third kappa shape index (κ3) is 19.2. The van der Waals surface area contributed by atoms with Crippen LogP contribution in [0.15, 0.2) is 23.9 Å². The van der Waals surface area contributed by atoms with Crippen molar-refractivity contribution in [1.82, 2.24) is 0 Å². The van der Waals surface area contributed by atoms with Gasteiger partial charge in [-0.1, -0.05) is 102 Å². The fraction of sp³-hybridized carbons (Fsp3) is 0.750. The molecule has 0 aliphatic carbocycles. The van der Waals surface area contributed by atoms with E-state index in [9.17, 15) is 4.79 Å². The minimum atomic E-state index is -0.192. The fourth-order valence-corrected chi connectivity index (χ4v) is 2.58. The van der Waals surface area contributed by atoms with Gasteiger partial charge < -0.3 is 4.74 Å². The van der Waals surface area contributed by atoms with E-state index in [4.69, 9.17) is 16.3 Å². The average molecular weight is 343 g/mol. The number of carbonyl (C=O) groups excluding carboxylic acids is 1. The summed E-state index contributed by atoms with van der Waals surface area (Å²) >= 11 is 5.52. The highest BCUT2D eigenvalue weighted by atomic mass is 35.5. The second-order valence-electron chi connectivity index (χ2n) is 6.23. The largest absolute Gasteiger partial charge is 0.434 e. The standard InChI is InChI=1S/C20H35ClO2/c1-3-4-5-6-7-8-9-10-11-12-13-14-15-16-20(22)23-18-17-19(2)21/h17-18H,2-16H2,1H3. The number of carbonyl (C=O) groups is 1. The molecule has 0 atom stereocenters. The SMILES string of the molecule is C=C(Cl)C=COC(=O)CCCCCCCCCCCCCCC. The van der Waals surface area contributed by atoms with Gasteiger partial charge in [0.15, 0.2) is 0 Å². The van der Waals surface area contributed by atoms with Crippen LogP contribution in [0.3, 0.4) is 0 Å². The van der Waals surface area contributed by atoms with Gasteiger partial charge in [0, 0.05) is 11.5 Å². The number of hydrogen-bond donors (Lipinski definition) is 0. The summed E-state index contributed by atoms with van der Waals surface area (Å²) in [5, 5.41) is 0.360. The highest BCUT2D eigenvalue weighted by molar-refractivity contribution is 6.30. The van der Waals surface area contributed by atoms with E-state index in [-0.39, 0.29) is 5.97 Å². The van der Waals surface area contributed by atoms with Crippen molar-refractivity contribution in [2.45, 2.75) is 96.8 Å². The van der Waals surface area contributed by atoms with Gasteiger partial charge in [-0.2, -0.15) is 0 Å². The summed E-state index contributed by atoms with van der Waals surface area (Å²) in [6.45, 7) is 5.74. The number of halogens is 1. The minimum Gasteiger partial charge on any atom is -0.434 e. The quantitative estimate of drug-likeness (QED) is 0.127. The van der Waals surface area contributed by atoms with Gasteiger partial charge in [0.05, 0.1) is 6.26 Å². The van der Waals surface area contributed by atoms with E-state index in [1.165, 1.54) is 83.0 Å². The molecule has 0 aromatic rings. The molecule has 0 amide bonds. The number of esters is 1. The molecular weight excluding hydrogens is 308 g/mol. The zero-order chi connectivity index (χ0) is 17.2. The van der Waals surface area contributed by atoms with Crippen LogP contribution in [-0.2, 0) is 9.53 Å². The van der Waals surface area contributed by atoms with E-state index in [1.54, 1.807) is 0 Å². The predicted molar refractivity (Wildman–Crippen MR) is 101 cm³/mol. The summed E-state index contributed by atoms with van der Waals surface area (Å²) in [4.78, 5) is 11.4. The van der Waals surface area contributed by atoms with Crippen molar-refractivity contribution in [3.05, 3.63) is 23.9 Å². The summed E-state index contributed by atoms with van der Waals surface area (Å²) in [5.74, 6) is -0.192. The zero-order valence-electron chi connectivity index (χ0n) is 15.0. The lowest BCUT2D eigenvalue weighted by Crippen LogP contribution is -1.98. The molecule has 0 aromatic carbocycles. The van der Waals surface area contributed by atoms with Crippen LogP contribution in [0, 0.1) is 0 Å². The molecule has 0 heterocycles. The monoisotopic (exact) mass is 342 g/mol. The first kappa shape index (κ1) is 22.2. The fourth-order valence-electron chi connectivity index (χ4n) is 2.53. The number of hydrogen-bond acceptors (Lipinski definition) is 2. The van der Waals surface area contributed by atoms with E-state index in [2.05, 4.69) is 13.5 Å². The zero-order valence-corrected chi connectivity index (χ0v) is 15.7. The first-order valence-corrected chi connectivity index (χ1v) is 9.75. The molecule has 0 aliphatic rings. The predicted octanol–water partition coefficient (Wildman–Crippen LogP) is 7.28. The Bertz CT molecular complexity index is 324. The lowest BCUT2D eigenvalue weighted by molar-refractivity contribution is -0.138. The lowest BCUT2D eigenvalue weighted by Gasteiger charge is -2.03. The van der Waals surface area contributed by atoms with Gasteiger partial charge in [-0.05, 0) is 12.5 Å². The molecule has 0 saturated carbocycles. The van der Waals surface area contributed by atoms with Gasteiger partial charge in [0.1, 0.15) is 0 Å². The van der Waals surface area contributed by atoms with Crippen LogP contribution in [0.4, 0.5) is 0 Å². The van der Waals surface area contributed by atoms with Crippen molar-refractivity contribution in [2.24, 2.45) is 0 Å². The van der Waals surface area contributed by atoms with Crippen molar-refractivity contribution < 1.29 is 9.53 Å². The van der Waals surface area contributed by atoms with Crippen LogP contribution in [0.25, 0.3) is 0 Å². The first-order chi connectivity index (χ1) is 11.2. The van der Waals surface area contributed by atoms with Crippen LogP contribution < -0.4 is 0 Å². The van der Waals surface area contributed by atoms with Crippen molar-refractivity contribution >= 4 is 17.6 Å². The molecule has 0 aliphatic heterocycles. The second-order valence-corrected chi connectivity index (χ2v) is 6.72. The van der Waals surface area contributed by atoms with Crippen LogP contribution in [0.5, 0.6) is 0 Å². The number of rotatable bonds is 16. The summed E-state index contributed by atoms with van der Waals surface area (Å²) in [6, 6.07) is 0. The van der Waals surface area contributed by atoms with Crippen molar-refractivity contribution in [3.8, 4) is 0 Å². The molecule has 0 saturated heterocycles. The van der Waals surface area contributed by atoms with Crippen LogP contribution in [0.2, 0.25) is 0 Å². The molecule has 0 aromatic heterocycles. The molecule has 23 heavy (non-hydrogen) atoms. The molecule has 2 nitrogen and oxygen atoms in total. The maximum absolute atomic E-state index is 11.4. The maximum atomic E-state index is 11.4. The molecule has 0 N–H and O–H groups in total. The second kappa shape index (κ2) is 17.6. The number of ether oxygens (including phenoxy) is 1. The van der Waals surface area contributed by atoms with Crippen LogP contribution in [0.1, 0.15) is 96.8 Å². The molecule has 0 unspecified atom stereocenters. The van der Waals surface area contributed by atoms with E-state index in [0.717, 1.165) is 12.8 Å². The minimum absolute atomic E-state index is 0.192. The Morgan fingerprint density at radius 3 is 1.74 bits per heavy atom. The topological polar surface area (TPSA) is 26.3 Å². The first-order valence-electron chi connectivity index (χ1n) is 9.37. The Balaban J connectivity index is 3.18. The third-order valence-corrected chi connectivity index (χ3v) is 4.06. The van der Waals surface area contributed by atoms with Crippen molar-refractivity contribution in [3.63, 3.8) is 0 Å². The highest BCUT2D eigenvalue weighted by Crippen LogP contribution is 2.13. The van der Waals surface area contributed by atoms with Gasteiger partial charge in [-0.15, -0.1) is 0 Å². The van der Waals surface area contributed by atoms with Crippen molar-refractivity contribution in [2.75, 3.05) is 0 Å². The lowest BCUT2D eigenvalue weighted by atomic mass is 10.0. The van der Waals surface area contributed by atoms with Gasteiger partial charge in [0.2, 0.25) is 0 Å². The molecule has 0 bridgehead atoms. The van der Waals surface area contributed by atoms with Crippen molar-refractivity contribution in [1.29, 1.82) is 0 Å². The Morgan fingerprint density at radius 1 is 0.870 bits per heavy atom. The normalized spacial score (nSPS) is 11.0. The molecular formula is C20H35ClO2. The van der Waals surface area contributed by atoms with Gasteiger partial charge in [-0.25, -0.2) is 0 Å². The Morgan fingerprint density at radius 2 is 1.30 bits per heavy atom. The summed E-state index contributed by atoms with van der Waals surface area (Å²) < 4.78 is 4.90. The van der Waals surface area contributed by atoms with Crippen LogP contribution >= 0.6 is 11.6 Å². The Hall–Kier alpha value is -0.760. The Kier molecular flexibility index (Phi) is 17.0. The molecule has 0 spiro atoms. The van der Waals surface area contributed by atoms with Gasteiger partial charge in [0.25, 0.3) is 0 Å². The smallest absolute Gasteiger partial charge is 0.310 e. The van der Waals surface area contributed by atoms with E-state index in [0.29, 0.717) is 11.5 Å². The number of allylic oxidation sites excluding steroid dienone is 2. The summed E-state index contributed by atoms with van der Waals surface area (Å²) in [7, 11) is 0. The van der Waals surface area contributed by atoms with E-state index >= 15 is 0 Å². The Labute approximate surface area is 148 Å². The third-order valence-electron chi connectivity index (χ3n) is 3.93. The summed E-state index contributed by atoms with van der Waals surface area (Å²) in [5.41, 5.74) is 0. The molecule has 0 fully saturated rings. The average Bonchev–Trinajstić information content (AvgIpc) is 2.51. The number of unbranched alkanes of at least 4 members (excludes halogenated alkanes) is 12. The maximum Gasteiger partial charge on any atom is 0.310 e. The van der Waals surface area contributed by atoms with Crippen LogP contribution in [-0.4, -0.2) is 5.97 Å². The molecule has 3 heteroatoms. The molecule has 0 radical (unpaired) electrons. The summed E-state index contributed by atoms with van der Waals surface area (Å²) in [6.07, 6.45) is 20.2. The van der Waals surface area contributed by atoms with Gasteiger partial charge >= 0.3 is 5.97 Å². The van der Waals surface area contributed by atoms with Gasteiger partial charge in [-0.3, -0.25) is 4.79 Å². The highest BCUT2D eigenvalue weighted by Gasteiger charge is 2.00. The molecule has 0 rings (SSSR count). The molecule has 134 valence electrons.